The molecule has 1 aromatic rings. The molecule has 102 valence electrons. The summed E-state index contributed by atoms with van der Waals surface area (Å²) in [5.74, 6) is -1.02. The van der Waals surface area contributed by atoms with Gasteiger partial charge in [0.25, 0.3) is 0 Å². The molecular weight excluding hydrogens is 276 g/mol. The fourth-order valence-electron chi connectivity index (χ4n) is 1.40. The summed E-state index contributed by atoms with van der Waals surface area (Å²) in [6, 6.07) is 7.25. The van der Waals surface area contributed by atoms with E-state index in [0.717, 1.165) is 11.8 Å². The molecule has 0 saturated carbocycles. The number of rotatable bonds is 5. The van der Waals surface area contributed by atoms with Crippen molar-refractivity contribution in [3.8, 4) is 0 Å². The Kier molecular flexibility index (Phi) is 6.90. The number of anilines is 1. The van der Waals surface area contributed by atoms with Crippen molar-refractivity contribution in [1.29, 1.82) is 0 Å². The molecule has 2 N–H and O–H groups in total. The van der Waals surface area contributed by atoms with Gasteiger partial charge in [-0.05, 0) is 24.7 Å². The first-order valence-electron chi connectivity index (χ1n) is 5.12. The number of carbonyl (C=O) groups excluding carboxylic acids is 1. The Morgan fingerprint density at radius 3 is 2.56 bits per heavy atom. The van der Waals surface area contributed by atoms with Crippen LogP contribution in [0.1, 0.15) is 5.56 Å². The Bertz CT molecular complexity index is 503. The van der Waals surface area contributed by atoms with Crippen LogP contribution in [-0.2, 0) is 21.2 Å². The van der Waals surface area contributed by atoms with Crippen LogP contribution in [0.15, 0.2) is 24.3 Å². The summed E-state index contributed by atoms with van der Waals surface area (Å²) in [5.41, 5.74) is 1.62. The highest BCUT2D eigenvalue weighted by Crippen LogP contribution is 2.10. The Hall–Kier alpha value is -1.11. The summed E-state index contributed by atoms with van der Waals surface area (Å²) in [6.45, 7) is 0.690. The molecule has 0 bridgehead atoms. The van der Waals surface area contributed by atoms with E-state index in [4.69, 9.17) is 0 Å². The molecule has 0 aromatic heterocycles. The molecule has 7 heteroatoms. The first-order valence-corrected chi connectivity index (χ1v) is 7.18. The highest BCUT2D eigenvalue weighted by atomic mass is 35.5. The molecule has 0 fully saturated rings. The van der Waals surface area contributed by atoms with Gasteiger partial charge in [-0.25, -0.2) is 8.42 Å². The van der Waals surface area contributed by atoms with Crippen LogP contribution < -0.4 is 10.6 Å². The van der Waals surface area contributed by atoms with Gasteiger partial charge in [-0.3, -0.25) is 4.79 Å². The van der Waals surface area contributed by atoms with Crippen molar-refractivity contribution in [2.75, 3.05) is 24.4 Å². The molecule has 0 saturated heterocycles. The van der Waals surface area contributed by atoms with E-state index >= 15 is 0 Å². The summed E-state index contributed by atoms with van der Waals surface area (Å²) in [6.07, 6.45) is 1.03. The van der Waals surface area contributed by atoms with E-state index in [-0.39, 0.29) is 12.4 Å². The van der Waals surface area contributed by atoms with Gasteiger partial charge >= 0.3 is 0 Å². The molecule has 0 spiro atoms. The van der Waals surface area contributed by atoms with Crippen molar-refractivity contribution in [3.63, 3.8) is 0 Å². The second-order valence-electron chi connectivity index (χ2n) is 3.85. The molecule has 0 atom stereocenters. The molecule has 0 aliphatic rings. The molecule has 1 aromatic carbocycles. The smallest absolute Gasteiger partial charge is 0.239 e. The van der Waals surface area contributed by atoms with Gasteiger partial charge in [0.2, 0.25) is 5.91 Å². The zero-order chi connectivity index (χ0) is 12.9. The number of carbonyl (C=O) groups is 1. The van der Waals surface area contributed by atoms with E-state index in [1.54, 1.807) is 12.1 Å². The molecule has 0 aliphatic carbocycles. The van der Waals surface area contributed by atoms with E-state index < -0.39 is 21.5 Å². The van der Waals surface area contributed by atoms with Crippen LogP contribution in [0.25, 0.3) is 0 Å². The Morgan fingerprint density at radius 2 is 2.00 bits per heavy atom. The fraction of sp³-hybridized carbons (Fsp3) is 0.364. The van der Waals surface area contributed by atoms with Crippen molar-refractivity contribution in [3.05, 3.63) is 29.8 Å². The molecule has 0 heterocycles. The average Bonchev–Trinajstić information content (AvgIpc) is 2.15. The molecule has 1 rings (SSSR count). The van der Waals surface area contributed by atoms with E-state index in [1.165, 1.54) is 0 Å². The monoisotopic (exact) mass is 292 g/mol. The first-order chi connectivity index (χ1) is 7.90. The molecule has 0 radical (unpaired) electrons. The molecule has 0 aliphatic heterocycles. The van der Waals surface area contributed by atoms with E-state index in [0.29, 0.717) is 12.2 Å². The lowest BCUT2D eigenvalue weighted by Gasteiger charge is -2.06. The Labute approximate surface area is 113 Å². The van der Waals surface area contributed by atoms with Gasteiger partial charge in [0, 0.05) is 18.5 Å². The maximum Gasteiger partial charge on any atom is 0.239 e. The lowest BCUT2D eigenvalue weighted by Crippen LogP contribution is -2.22. The van der Waals surface area contributed by atoms with Gasteiger partial charge in [-0.2, -0.15) is 0 Å². The quantitative estimate of drug-likeness (QED) is 0.842. The predicted octanol–water partition coefficient (Wildman–Crippen LogP) is 0.811. The minimum atomic E-state index is -3.29. The van der Waals surface area contributed by atoms with Crippen LogP contribution in [0, 0.1) is 0 Å². The van der Waals surface area contributed by atoms with E-state index in [9.17, 15) is 13.2 Å². The number of halogens is 1. The van der Waals surface area contributed by atoms with Crippen LogP contribution in [0.3, 0.4) is 0 Å². The SMILES string of the molecule is CNCc1cccc(NC(=O)CS(C)(=O)=O)c1.Cl. The number of hydrogen-bond acceptors (Lipinski definition) is 4. The van der Waals surface area contributed by atoms with Gasteiger partial charge in [-0.1, -0.05) is 12.1 Å². The summed E-state index contributed by atoms with van der Waals surface area (Å²) >= 11 is 0. The number of hydrogen-bond donors (Lipinski definition) is 2. The first kappa shape index (κ1) is 16.9. The lowest BCUT2D eigenvalue weighted by atomic mass is 10.2. The van der Waals surface area contributed by atoms with Gasteiger partial charge in [-0.15, -0.1) is 12.4 Å². The summed E-state index contributed by atoms with van der Waals surface area (Å²) in [5, 5.41) is 5.55. The maximum atomic E-state index is 11.4. The minimum Gasteiger partial charge on any atom is -0.325 e. The molecular formula is C11H17ClN2O3S. The lowest BCUT2D eigenvalue weighted by molar-refractivity contribution is -0.113. The molecule has 0 unspecified atom stereocenters. The van der Waals surface area contributed by atoms with Gasteiger partial charge in [0.05, 0.1) is 0 Å². The van der Waals surface area contributed by atoms with Crippen LogP contribution in [-0.4, -0.2) is 33.4 Å². The van der Waals surface area contributed by atoms with Crippen LogP contribution in [0.4, 0.5) is 5.69 Å². The summed E-state index contributed by atoms with van der Waals surface area (Å²) in [4.78, 5) is 11.4. The standard InChI is InChI=1S/C11H16N2O3S.ClH/c1-12-7-9-4-3-5-10(6-9)13-11(14)8-17(2,15)16;/h3-6,12H,7-8H2,1-2H3,(H,13,14);1H. The van der Waals surface area contributed by atoms with Crippen molar-refractivity contribution in [1.82, 2.24) is 5.32 Å². The third-order valence-corrected chi connectivity index (χ3v) is 2.77. The number of nitrogens with one attached hydrogen (secondary N) is 2. The van der Waals surface area contributed by atoms with Gasteiger partial charge in [0.1, 0.15) is 5.75 Å². The highest BCUT2D eigenvalue weighted by Gasteiger charge is 2.10. The molecule has 18 heavy (non-hydrogen) atoms. The third kappa shape index (κ3) is 6.58. The predicted molar refractivity (Wildman–Crippen MR) is 74.8 cm³/mol. The van der Waals surface area contributed by atoms with E-state index in [1.807, 2.05) is 19.2 Å². The summed E-state index contributed by atoms with van der Waals surface area (Å²) < 4.78 is 21.9. The summed E-state index contributed by atoms with van der Waals surface area (Å²) in [7, 11) is -1.46. The Morgan fingerprint density at radius 1 is 1.33 bits per heavy atom. The Balaban J connectivity index is 0.00000289. The highest BCUT2D eigenvalue weighted by molar-refractivity contribution is 7.91. The van der Waals surface area contributed by atoms with Crippen LogP contribution in [0.2, 0.25) is 0 Å². The second kappa shape index (κ2) is 7.35. The van der Waals surface area contributed by atoms with E-state index in [2.05, 4.69) is 10.6 Å². The average molecular weight is 293 g/mol. The number of amides is 1. The zero-order valence-corrected chi connectivity index (χ0v) is 11.9. The number of benzene rings is 1. The van der Waals surface area contributed by atoms with Crippen molar-refractivity contribution in [2.24, 2.45) is 0 Å². The fourth-order valence-corrected chi connectivity index (χ4v) is 1.95. The largest absolute Gasteiger partial charge is 0.325 e. The van der Waals surface area contributed by atoms with Gasteiger partial charge < -0.3 is 10.6 Å². The molecule has 1 amide bonds. The normalized spacial score (nSPS) is 10.6. The van der Waals surface area contributed by atoms with Crippen molar-refractivity contribution >= 4 is 33.8 Å². The van der Waals surface area contributed by atoms with Crippen LogP contribution >= 0.6 is 12.4 Å². The third-order valence-electron chi connectivity index (χ3n) is 1.98. The van der Waals surface area contributed by atoms with Crippen molar-refractivity contribution < 1.29 is 13.2 Å². The number of sulfone groups is 1. The maximum absolute atomic E-state index is 11.4. The molecule has 5 nitrogen and oxygen atoms in total. The van der Waals surface area contributed by atoms with Crippen LogP contribution in [0.5, 0.6) is 0 Å². The van der Waals surface area contributed by atoms with Gasteiger partial charge in [0.15, 0.2) is 9.84 Å². The minimum absolute atomic E-state index is 0. The topological polar surface area (TPSA) is 75.3 Å². The van der Waals surface area contributed by atoms with Crippen molar-refractivity contribution in [2.45, 2.75) is 6.54 Å². The second-order valence-corrected chi connectivity index (χ2v) is 5.99. The zero-order valence-electron chi connectivity index (χ0n) is 10.3.